The molecular weight excluding hydrogens is 398 g/mol. The number of nitrogens with one attached hydrogen (secondary N) is 2. The van der Waals surface area contributed by atoms with Gasteiger partial charge in [-0.05, 0) is 56.0 Å². The highest BCUT2D eigenvalue weighted by Gasteiger charge is 2.37. The molecule has 0 radical (unpaired) electrons. The summed E-state index contributed by atoms with van der Waals surface area (Å²) in [6.07, 6.45) is 7.50. The highest BCUT2D eigenvalue weighted by Crippen LogP contribution is 2.33. The minimum absolute atomic E-state index is 0.113. The summed E-state index contributed by atoms with van der Waals surface area (Å²) in [5, 5.41) is 7.06. The second-order valence-corrected chi connectivity index (χ2v) is 8.74. The molecule has 2 fully saturated rings. The van der Waals surface area contributed by atoms with Crippen molar-refractivity contribution in [3.8, 4) is 5.82 Å². The van der Waals surface area contributed by atoms with Gasteiger partial charge in [-0.15, -0.1) is 0 Å². The van der Waals surface area contributed by atoms with Gasteiger partial charge in [0.05, 0.1) is 23.7 Å². The van der Waals surface area contributed by atoms with E-state index in [0.717, 1.165) is 23.5 Å². The van der Waals surface area contributed by atoms with Gasteiger partial charge in [0.25, 0.3) is 0 Å². The third-order valence-corrected chi connectivity index (χ3v) is 6.80. The SMILES string of the molecule is C[C@H](Nc1nccc(-n2cnc3cc(N4CNC5CCCC54)ccc32)n1)c1ccccc1. The van der Waals surface area contributed by atoms with E-state index in [2.05, 4.69) is 62.8 Å². The normalized spacial score (nSPS) is 21.1. The Hall–Kier alpha value is -3.45. The van der Waals surface area contributed by atoms with Crippen molar-refractivity contribution in [1.29, 1.82) is 0 Å². The summed E-state index contributed by atoms with van der Waals surface area (Å²) in [7, 11) is 0. The quantitative estimate of drug-likeness (QED) is 0.497. The molecule has 2 aromatic heterocycles. The number of nitrogens with zero attached hydrogens (tertiary/aromatic N) is 5. The first kappa shape index (κ1) is 19.3. The number of anilines is 2. The van der Waals surface area contributed by atoms with E-state index in [-0.39, 0.29) is 6.04 Å². The summed E-state index contributed by atoms with van der Waals surface area (Å²) < 4.78 is 2.03. The van der Waals surface area contributed by atoms with E-state index in [0.29, 0.717) is 18.0 Å². The molecular formula is C25H27N7. The Morgan fingerprint density at radius 1 is 1.06 bits per heavy atom. The lowest BCUT2D eigenvalue weighted by molar-refractivity contribution is 0.600. The van der Waals surface area contributed by atoms with Gasteiger partial charge in [-0.25, -0.2) is 9.97 Å². The average molecular weight is 426 g/mol. The molecule has 7 heteroatoms. The molecule has 0 spiro atoms. The van der Waals surface area contributed by atoms with Crippen molar-refractivity contribution in [3.05, 3.63) is 72.7 Å². The van der Waals surface area contributed by atoms with E-state index in [1.54, 1.807) is 6.20 Å². The van der Waals surface area contributed by atoms with Crippen LogP contribution in [0.25, 0.3) is 16.9 Å². The van der Waals surface area contributed by atoms with Crippen molar-refractivity contribution in [3.63, 3.8) is 0 Å². The van der Waals surface area contributed by atoms with Crippen LogP contribution in [0, 0.1) is 0 Å². The van der Waals surface area contributed by atoms with Crippen LogP contribution in [0.5, 0.6) is 0 Å². The molecule has 1 aliphatic heterocycles. The molecule has 7 nitrogen and oxygen atoms in total. The van der Waals surface area contributed by atoms with E-state index >= 15 is 0 Å². The fourth-order valence-electron chi connectivity index (χ4n) is 5.10. The molecule has 0 amide bonds. The second-order valence-electron chi connectivity index (χ2n) is 8.74. The monoisotopic (exact) mass is 425 g/mol. The first-order valence-corrected chi connectivity index (χ1v) is 11.4. The Bertz CT molecular complexity index is 1240. The van der Waals surface area contributed by atoms with Gasteiger partial charge in [0.15, 0.2) is 0 Å². The molecule has 2 aromatic carbocycles. The zero-order valence-electron chi connectivity index (χ0n) is 18.1. The first-order valence-electron chi connectivity index (χ1n) is 11.4. The number of aromatic nitrogens is 4. The lowest BCUT2D eigenvalue weighted by Gasteiger charge is -2.24. The highest BCUT2D eigenvalue weighted by atomic mass is 15.3. The number of imidazole rings is 1. The van der Waals surface area contributed by atoms with Crippen molar-refractivity contribution < 1.29 is 0 Å². The first-order chi connectivity index (χ1) is 15.8. The number of rotatable bonds is 5. The van der Waals surface area contributed by atoms with Gasteiger partial charge in [0, 0.05) is 24.0 Å². The lowest BCUT2D eigenvalue weighted by Crippen LogP contribution is -2.31. The third kappa shape index (κ3) is 3.39. The Balaban J connectivity index is 1.27. The molecule has 1 aliphatic carbocycles. The smallest absolute Gasteiger partial charge is 0.225 e. The Morgan fingerprint density at radius 2 is 1.97 bits per heavy atom. The van der Waals surface area contributed by atoms with Gasteiger partial charge in [-0.3, -0.25) is 9.88 Å². The van der Waals surface area contributed by atoms with Crippen LogP contribution in [-0.2, 0) is 0 Å². The fraction of sp³-hybridized carbons (Fsp3) is 0.320. The molecule has 162 valence electrons. The van der Waals surface area contributed by atoms with Crippen LogP contribution in [0.1, 0.15) is 37.8 Å². The maximum Gasteiger partial charge on any atom is 0.225 e. The number of hydrogen-bond acceptors (Lipinski definition) is 6. The van der Waals surface area contributed by atoms with Crippen LogP contribution in [0.2, 0.25) is 0 Å². The average Bonchev–Trinajstić information content (AvgIpc) is 3.55. The van der Waals surface area contributed by atoms with Crippen molar-refractivity contribution >= 4 is 22.7 Å². The molecule has 2 N–H and O–H groups in total. The summed E-state index contributed by atoms with van der Waals surface area (Å²) in [5.74, 6) is 1.41. The van der Waals surface area contributed by atoms with Crippen LogP contribution >= 0.6 is 0 Å². The molecule has 6 rings (SSSR count). The van der Waals surface area contributed by atoms with Gasteiger partial charge in [-0.2, -0.15) is 4.98 Å². The van der Waals surface area contributed by atoms with Gasteiger partial charge in [-0.1, -0.05) is 30.3 Å². The summed E-state index contributed by atoms with van der Waals surface area (Å²) in [6, 6.07) is 20.2. The minimum Gasteiger partial charge on any atom is -0.354 e. The van der Waals surface area contributed by atoms with Crippen molar-refractivity contribution in [2.45, 2.75) is 44.3 Å². The molecule has 4 aromatic rings. The number of hydrogen-bond donors (Lipinski definition) is 2. The number of benzene rings is 2. The Kier molecular flexibility index (Phi) is 4.76. The third-order valence-electron chi connectivity index (χ3n) is 6.80. The molecule has 1 saturated heterocycles. The van der Waals surface area contributed by atoms with E-state index in [1.165, 1.54) is 30.5 Å². The molecule has 3 atom stereocenters. The van der Waals surface area contributed by atoms with E-state index in [1.807, 2.05) is 35.2 Å². The van der Waals surface area contributed by atoms with Crippen LogP contribution in [0.15, 0.2) is 67.1 Å². The molecule has 32 heavy (non-hydrogen) atoms. The fourth-order valence-corrected chi connectivity index (χ4v) is 5.10. The predicted octanol–water partition coefficient (Wildman–Crippen LogP) is 4.28. The zero-order valence-corrected chi connectivity index (χ0v) is 18.1. The summed E-state index contributed by atoms with van der Waals surface area (Å²) in [5.41, 5.74) is 4.47. The van der Waals surface area contributed by atoms with Crippen LogP contribution in [0.4, 0.5) is 11.6 Å². The molecule has 2 unspecified atom stereocenters. The molecule has 1 saturated carbocycles. The summed E-state index contributed by atoms with van der Waals surface area (Å²) in [6.45, 7) is 3.03. The van der Waals surface area contributed by atoms with Crippen molar-refractivity contribution in [2.75, 3.05) is 16.9 Å². The van der Waals surface area contributed by atoms with Gasteiger partial charge >= 0.3 is 0 Å². The summed E-state index contributed by atoms with van der Waals surface area (Å²) in [4.78, 5) is 16.4. The second kappa shape index (κ2) is 7.91. The zero-order chi connectivity index (χ0) is 21.5. The van der Waals surface area contributed by atoms with Crippen molar-refractivity contribution in [2.24, 2.45) is 0 Å². The van der Waals surface area contributed by atoms with Crippen LogP contribution < -0.4 is 15.5 Å². The van der Waals surface area contributed by atoms with E-state index in [9.17, 15) is 0 Å². The standard InChI is InChI=1S/C25H27N7/c1-17(18-6-3-2-4-7-18)29-25-26-13-12-24(30-25)32-16-28-21-14-19(10-11-23(21)32)31-15-27-20-8-5-9-22(20)31/h2-4,6-7,10-14,16-17,20,22,27H,5,8-9,15H2,1H3,(H,26,29,30)/t17-,20?,22?/m0/s1. The molecule has 2 aliphatic rings. The van der Waals surface area contributed by atoms with Crippen molar-refractivity contribution in [1.82, 2.24) is 24.8 Å². The van der Waals surface area contributed by atoms with E-state index < -0.39 is 0 Å². The lowest BCUT2D eigenvalue weighted by atomic mass is 10.1. The van der Waals surface area contributed by atoms with Gasteiger partial charge < -0.3 is 10.2 Å². The molecule has 0 bridgehead atoms. The van der Waals surface area contributed by atoms with Gasteiger partial charge in [0.2, 0.25) is 5.95 Å². The van der Waals surface area contributed by atoms with Crippen LogP contribution in [-0.4, -0.2) is 38.3 Å². The Morgan fingerprint density at radius 3 is 2.88 bits per heavy atom. The molecule has 3 heterocycles. The van der Waals surface area contributed by atoms with Gasteiger partial charge in [0.1, 0.15) is 12.1 Å². The summed E-state index contributed by atoms with van der Waals surface area (Å²) >= 11 is 0. The maximum atomic E-state index is 4.75. The van der Waals surface area contributed by atoms with Crippen LogP contribution in [0.3, 0.4) is 0 Å². The topological polar surface area (TPSA) is 70.9 Å². The minimum atomic E-state index is 0.113. The Labute approximate surface area is 187 Å². The largest absolute Gasteiger partial charge is 0.354 e. The highest BCUT2D eigenvalue weighted by molar-refractivity contribution is 5.81. The predicted molar refractivity (Wildman–Crippen MR) is 127 cm³/mol. The number of fused-ring (bicyclic) bond motifs is 2. The van der Waals surface area contributed by atoms with E-state index in [4.69, 9.17) is 4.98 Å². The maximum absolute atomic E-state index is 4.75.